The van der Waals surface area contributed by atoms with Crippen molar-refractivity contribution in [2.24, 2.45) is 0 Å². The van der Waals surface area contributed by atoms with E-state index in [4.69, 9.17) is 34.7 Å². The molecule has 1 aromatic heterocycles. The fraction of sp³-hybridized carbons (Fsp3) is 0.100. The minimum Gasteiger partial charge on any atom is -0.382 e. The molecule has 0 radical (unpaired) electrons. The molecule has 5 nitrogen and oxygen atoms in total. The Morgan fingerprint density at radius 2 is 1.76 bits per heavy atom. The standard InChI is InChI=1S/C10H9Cl2N5/c1-4-2-3-5(7(12)6(4)11)8-9(13)15-10(14)17-16-8/h2-3H,1H3,(H4,13,14,15,17). The Morgan fingerprint density at radius 3 is 2.41 bits per heavy atom. The van der Waals surface area contributed by atoms with Crippen molar-refractivity contribution in [1.29, 1.82) is 0 Å². The number of rotatable bonds is 1. The van der Waals surface area contributed by atoms with Crippen LogP contribution in [-0.2, 0) is 0 Å². The summed E-state index contributed by atoms with van der Waals surface area (Å²) in [7, 11) is 0. The normalized spacial score (nSPS) is 10.5. The first-order valence-corrected chi connectivity index (χ1v) is 5.47. The summed E-state index contributed by atoms with van der Waals surface area (Å²) < 4.78 is 0. The van der Waals surface area contributed by atoms with Gasteiger partial charge in [0, 0.05) is 5.56 Å². The average molecular weight is 270 g/mol. The molecule has 0 atom stereocenters. The fourth-order valence-corrected chi connectivity index (χ4v) is 1.84. The molecule has 1 aromatic carbocycles. The Morgan fingerprint density at radius 1 is 1.06 bits per heavy atom. The number of nitrogen functional groups attached to an aromatic ring is 2. The summed E-state index contributed by atoms with van der Waals surface area (Å²) in [5.74, 6) is 0.180. The number of aromatic nitrogens is 3. The van der Waals surface area contributed by atoms with Crippen molar-refractivity contribution in [3.05, 3.63) is 27.7 Å². The second-order valence-corrected chi connectivity index (χ2v) is 4.22. The third-order valence-corrected chi connectivity index (χ3v) is 3.24. The smallest absolute Gasteiger partial charge is 0.242 e. The lowest BCUT2D eigenvalue weighted by atomic mass is 10.1. The van der Waals surface area contributed by atoms with E-state index in [0.29, 0.717) is 21.3 Å². The SMILES string of the molecule is Cc1ccc(-c2nnc(N)nc2N)c(Cl)c1Cl. The van der Waals surface area contributed by atoms with Gasteiger partial charge in [-0.3, -0.25) is 0 Å². The van der Waals surface area contributed by atoms with Crippen molar-refractivity contribution in [2.45, 2.75) is 6.92 Å². The van der Waals surface area contributed by atoms with E-state index in [9.17, 15) is 0 Å². The second-order valence-electron chi connectivity index (χ2n) is 3.46. The second kappa shape index (κ2) is 4.35. The van der Waals surface area contributed by atoms with E-state index in [-0.39, 0.29) is 11.8 Å². The average Bonchev–Trinajstić information content (AvgIpc) is 2.28. The molecule has 0 saturated carbocycles. The number of nitrogens with two attached hydrogens (primary N) is 2. The van der Waals surface area contributed by atoms with Gasteiger partial charge >= 0.3 is 0 Å². The van der Waals surface area contributed by atoms with Gasteiger partial charge in [0.2, 0.25) is 5.95 Å². The van der Waals surface area contributed by atoms with E-state index in [0.717, 1.165) is 5.56 Å². The molecule has 0 aliphatic rings. The molecule has 2 aromatic rings. The van der Waals surface area contributed by atoms with E-state index in [1.54, 1.807) is 6.07 Å². The van der Waals surface area contributed by atoms with Gasteiger partial charge < -0.3 is 11.5 Å². The molecular weight excluding hydrogens is 261 g/mol. The molecule has 17 heavy (non-hydrogen) atoms. The lowest BCUT2D eigenvalue weighted by Gasteiger charge is -2.08. The van der Waals surface area contributed by atoms with Gasteiger partial charge in [-0.25, -0.2) is 0 Å². The highest BCUT2D eigenvalue weighted by atomic mass is 35.5. The first-order valence-electron chi connectivity index (χ1n) is 4.71. The van der Waals surface area contributed by atoms with Crippen molar-refractivity contribution in [3.8, 4) is 11.3 Å². The Bertz CT molecular complexity index is 585. The fourth-order valence-electron chi connectivity index (χ4n) is 1.37. The molecule has 0 unspecified atom stereocenters. The molecule has 0 bridgehead atoms. The Labute approximate surface area is 108 Å². The largest absolute Gasteiger partial charge is 0.382 e. The monoisotopic (exact) mass is 269 g/mol. The molecule has 0 fully saturated rings. The van der Waals surface area contributed by atoms with E-state index in [1.807, 2.05) is 13.0 Å². The quantitative estimate of drug-likeness (QED) is 0.829. The number of hydrogen-bond acceptors (Lipinski definition) is 5. The van der Waals surface area contributed by atoms with E-state index in [2.05, 4.69) is 15.2 Å². The van der Waals surface area contributed by atoms with E-state index in [1.165, 1.54) is 0 Å². The van der Waals surface area contributed by atoms with E-state index >= 15 is 0 Å². The summed E-state index contributed by atoms with van der Waals surface area (Å²) >= 11 is 12.2. The van der Waals surface area contributed by atoms with Gasteiger partial charge in [-0.05, 0) is 12.5 Å². The van der Waals surface area contributed by atoms with Crippen LogP contribution >= 0.6 is 23.2 Å². The van der Waals surface area contributed by atoms with Crippen LogP contribution in [0, 0.1) is 6.92 Å². The first kappa shape index (κ1) is 11.9. The zero-order valence-corrected chi connectivity index (χ0v) is 10.4. The molecule has 0 amide bonds. The van der Waals surface area contributed by atoms with Gasteiger partial charge in [-0.15, -0.1) is 10.2 Å². The van der Waals surface area contributed by atoms with Crippen molar-refractivity contribution in [3.63, 3.8) is 0 Å². The van der Waals surface area contributed by atoms with Gasteiger partial charge in [0.25, 0.3) is 0 Å². The highest BCUT2D eigenvalue weighted by molar-refractivity contribution is 6.44. The highest BCUT2D eigenvalue weighted by Gasteiger charge is 2.14. The van der Waals surface area contributed by atoms with Crippen LogP contribution in [0.5, 0.6) is 0 Å². The number of aryl methyl sites for hydroxylation is 1. The maximum Gasteiger partial charge on any atom is 0.242 e. The molecule has 88 valence electrons. The maximum atomic E-state index is 6.13. The third kappa shape index (κ3) is 2.11. The summed E-state index contributed by atoms with van der Waals surface area (Å²) in [6.45, 7) is 1.86. The van der Waals surface area contributed by atoms with E-state index < -0.39 is 0 Å². The van der Waals surface area contributed by atoms with Crippen LogP contribution in [0.2, 0.25) is 10.0 Å². The molecule has 0 spiro atoms. The van der Waals surface area contributed by atoms with Gasteiger partial charge in [0.15, 0.2) is 5.82 Å². The van der Waals surface area contributed by atoms with Crippen molar-refractivity contribution >= 4 is 35.0 Å². The topological polar surface area (TPSA) is 90.7 Å². The van der Waals surface area contributed by atoms with Crippen LogP contribution in [0.3, 0.4) is 0 Å². The number of hydrogen-bond donors (Lipinski definition) is 2. The van der Waals surface area contributed by atoms with Crippen molar-refractivity contribution in [2.75, 3.05) is 11.5 Å². The molecule has 4 N–H and O–H groups in total. The van der Waals surface area contributed by atoms with Gasteiger partial charge in [0.05, 0.1) is 10.0 Å². The summed E-state index contributed by atoms with van der Waals surface area (Å²) in [6.07, 6.45) is 0. The minimum atomic E-state index is 0.0144. The first-order chi connectivity index (χ1) is 8.00. The number of benzene rings is 1. The summed E-state index contributed by atoms with van der Waals surface area (Å²) in [5.41, 5.74) is 12.9. The molecule has 0 aliphatic carbocycles. The minimum absolute atomic E-state index is 0.0144. The lowest BCUT2D eigenvalue weighted by molar-refractivity contribution is 0.999. The summed E-state index contributed by atoms with van der Waals surface area (Å²) in [6, 6.07) is 3.59. The zero-order valence-electron chi connectivity index (χ0n) is 8.91. The number of anilines is 2. The molecule has 2 rings (SSSR count). The van der Waals surface area contributed by atoms with Crippen LogP contribution in [0.25, 0.3) is 11.3 Å². The van der Waals surface area contributed by atoms with Crippen LogP contribution < -0.4 is 11.5 Å². The van der Waals surface area contributed by atoms with Gasteiger partial charge in [-0.1, -0.05) is 35.3 Å². The van der Waals surface area contributed by atoms with Crippen molar-refractivity contribution in [1.82, 2.24) is 15.2 Å². The highest BCUT2D eigenvalue weighted by Crippen LogP contribution is 2.36. The molecular formula is C10H9Cl2N5. The number of halogens is 2. The third-order valence-electron chi connectivity index (χ3n) is 2.26. The molecule has 7 heteroatoms. The van der Waals surface area contributed by atoms with Crippen molar-refractivity contribution < 1.29 is 0 Å². The predicted molar refractivity (Wildman–Crippen MR) is 68.8 cm³/mol. The molecule has 0 aliphatic heterocycles. The predicted octanol–water partition coefficient (Wildman–Crippen LogP) is 2.32. The van der Waals surface area contributed by atoms with Crippen LogP contribution in [0.15, 0.2) is 12.1 Å². The zero-order chi connectivity index (χ0) is 12.6. The maximum absolute atomic E-state index is 6.13. The lowest BCUT2D eigenvalue weighted by Crippen LogP contribution is -2.04. The summed E-state index contributed by atoms with van der Waals surface area (Å²) in [4.78, 5) is 3.82. The van der Waals surface area contributed by atoms with Gasteiger partial charge in [-0.2, -0.15) is 4.98 Å². The number of nitrogens with zero attached hydrogens (tertiary/aromatic N) is 3. The van der Waals surface area contributed by atoms with Crippen LogP contribution in [0.4, 0.5) is 11.8 Å². The Kier molecular flexibility index (Phi) is 3.04. The van der Waals surface area contributed by atoms with Crippen LogP contribution in [-0.4, -0.2) is 15.2 Å². The summed E-state index contributed by atoms with van der Waals surface area (Å²) in [5, 5.41) is 8.35. The Hall–Kier alpha value is -1.59. The van der Waals surface area contributed by atoms with Crippen LogP contribution in [0.1, 0.15) is 5.56 Å². The molecule has 0 saturated heterocycles. The van der Waals surface area contributed by atoms with Gasteiger partial charge in [0.1, 0.15) is 5.69 Å². The molecule has 1 heterocycles. The Balaban J connectivity index is 2.65.